The first-order chi connectivity index (χ1) is 10.8. The molecule has 1 saturated carbocycles. The molecule has 0 bridgehead atoms. The Balaban J connectivity index is 2.32. The Kier molecular flexibility index (Phi) is 5.34. The van der Waals surface area contributed by atoms with E-state index in [0.717, 1.165) is 20.0 Å². The average Bonchev–Trinajstić information content (AvgIpc) is 2.48. The minimum atomic E-state index is -4.92. The van der Waals surface area contributed by atoms with Gasteiger partial charge in [0, 0.05) is 12.7 Å². The molecule has 3 nitrogen and oxygen atoms in total. The summed E-state index contributed by atoms with van der Waals surface area (Å²) in [5.41, 5.74) is -3.36. The highest BCUT2D eigenvalue weighted by atomic mass is 19.4. The molecule has 0 unspecified atom stereocenters. The van der Waals surface area contributed by atoms with Crippen molar-refractivity contribution in [1.29, 1.82) is 0 Å². The molecule has 0 heterocycles. The van der Waals surface area contributed by atoms with Crippen LogP contribution in [0.5, 0.6) is 0 Å². The van der Waals surface area contributed by atoms with Crippen LogP contribution in [-0.4, -0.2) is 25.4 Å². The fourth-order valence-corrected chi connectivity index (χ4v) is 3.11. The molecule has 2 rings (SSSR count). The van der Waals surface area contributed by atoms with E-state index in [-0.39, 0.29) is 5.56 Å². The molecule has 0 aromatic heterocycles. The number of esters is 1. The molecule has 3 atom stereocenters. The van der Waals surface area contributed by atoms with E-state index < -0.39 is 23.9 Å². The Morgan fingerprint density at radius 3 is 2.35 bits per heavy atom. The van der Waals surface area contributed by atoms with Crippen LogP contribution in [0.4, 0.5) is 13.2 Å². The molecule has 0 aliphatic heterocycles. The van der Waals surface area contributed by atoms with Crippen molar-refractivity contribution in [3.8, 4) is 0 Å². The fraction of sp³-hybridized carbons (Fsp3) is 0.588. The van der Waals surface area contributed by atoms with E-state index in [4.69, 9.17) is 9.47 Å². The molecule has 0 saturated heterocycles. The van der Waals surface area contributed by atoms with Gasteiger partial charge in [-0.2, -0.15) is 13.2 Å². The number of carbonyl (C=O) groups is 1. The van der Waals surface area contributed by atoms with Gasteiger partial charge in [0.2, 0.25) is 0 Å². The summed E-state index contributed by atoms with van der Waals surface area (Å²) in [6, 6.07) is 6.90. The second kappa shape index (κ2) is 6.91. The van der Waals surface area contributed by atoms with Gasteiger partial charge in [-0.3, -0.25) is 0 Å². The number of rotatable bonds is 4. The number of benzene rings is 1. The minimum absolute atomic E-state index is 0.274. The van der Waals surface area contributed by atoms with Crippen molar-refractivity contribution in [1.82, 2.24) is 0 Å². The standard InChI is InChI=1S/C17H21F3O3/c1-12-7-6-10-14(11-12)23-15(21)16(22-2,17(18,19)20)13-8-4-3-5-9-13/h3-5,8-9,12,14H,6-7,10-11H2,1-2H3/t12-,14+,16-/m1/s1. The molecular formula is C17H21F3O3. The van der Waals surface area contributed by atoms with Crippen LogP contribution in [-0.2, 0) is 19.9 Å². The van der Waals surface area contributed by atoms with Gasteiger partial charge in [0.15, 0.2) is 0 Å². The van der Waals surface area contributed by atoms with Crippen LogP contribution in [0.15, 0.2) is 30.3 Å². The van der Waals surface area contributed by atoms with Crippen molar-refractivity contribution in [2.45, 2.75) is 50.5 Å². The summed E-state index contributed by atoms with van der Waals surface area (Å²) in [7, 11) is 0.880. The van der Waals surface area contributed by atoms with Gasteiger partial charge in [-0.05, 0) is 25.2 Å². The monoisotopic (exact) mass is 330 g/mol. The van der Waals surface area contributed by atoms with E-state index in [1.165, 1.54) is 24.3 Å². The zero-order chi connectivity index (χ0) is 17.1. The van der Waals surface area contributed by atoms with Crippen LogP contribution in [0.2, 0.25) is 0 Å². The molecule has 23 heavy (non-hydrogen) atoms. The van der Waals surface area contributed by atoms with E-state index in [1.807, 2.05) is 6.92 Å². The largest absolute Gasteiger partial charge is 0.460 e. The Morgan fingerprint density at radius 1 is 1.17 bits per heavy atom. The molecule has 1 fully saturated rings. The van der Waals surface area contributed by atoms with Crippen molar-refractivity contribution >= 4 is 5.97 Å². The number of alkyl halides is 3. The Labute approximate surface area is 133 Å². The fourth-order valence-electron chi connectivity index (χ4n) is 3.11. The quantitative estimate of drug-likeness (QED) is 0.776. The number of hydrogen-bond donors (Lipinski definition) is 0. The molecule has 0 spiro atoms. The summed E-state index contributed by atoms with van der Waals surface area (Å²) in [5, 5.41) is 0. The van der Waals surface area contributed by atoms with Crippen molar-refractivity contribution in [2.75, 3.05) is 7.11 Å². The summed E-state index contributed by atoms with van der Waals surface area (Å²) in [6.45, 7) is 2.00. The number of halogens is 3. The Morgan fingerprint density at radius 2 is 1.83 bits per heavy atom. The topological polar surface area (TPSA) is 35.5 Å². The molecule has 1 aliphatic rings. The van der Waals surface area contributed by atoms with Gasteiger partial charge in [0.25, 0.3) is 5.60 Å². The van der Waals surface area contributed by atoms with Crippen molar-refractivity contribution in [3.63, 3.8) is 0 Å². The molecular weight excluding hydrogens is 309 g/mol. The van der Waals surface area contributed by atoms with E-state index in [9.17, 15) is 18.0 Å². The van der Waals surface area contributed by atoms with Crippen LogP contribution in [0.1, 0.15) is 38.2 Å². The van der Waals surface area contributed by atoms with Gasteiger partial charge in [0.1, 0.15) is 6.10 Å². The normalized spacial score (nSPS) is 24.7. The van der Waals surface area contributed by atoms with E-state index >= 15 is 0 Å². The van der Waals surface area contributed by atoms with Crippen LogP contribution in [0.25, 0.3) is 0 Å². The van der Waals surface area contributed by atoms with E-state index in [1.54, 1.807) is 6.07 Å². The van der Waals surface area contributed by atoms with Gasteiger partial charge in [-0.25, -0.2) is 4.79 Å². The van der Waals surface area contributed by atoms with Gasteiger partial charge in [-0.15, -0.1) is 0 Å². The molecule has 0 radical (unpaired) electrons. The highest BCUT2D eigenvalue weighted by Crippen LogP contribution is 2.43. The first kappa shape index (κ1) is 17.8. The van der Waals surface area contributed by atoms with Gasteiger partial charge in [0.05, 0.1) is 0 Å². The number of hydrogen-bond acceptors (Lipinski definition) is 3. The van der Waals surface area contributed by atoms with E-state index in [0.29, 0.717) is 18.8 Å². The van der Waals surface area contributed by atoms with Crippen molar-refractivity contribution < 1.29 is 27.4 Å². The average molecular weight is 330 g/mol. The molecule has 1 aromatic rings. The predicted molar refractivity (Wildman–Crippen MR) is 78.7 cm³/mol. The van der Waals surface area contributed by atoms with Crippen LogP contribution < -0.4 is 0 Å². The van der Waals surface area contributed by atoms with Gasteiger partial charge in [-0.1, -0.05) is 43.7 Å². The van der Waals surface area contributed by atoms with Gasteiger partial charge >= 0.3 is 12.1 Å². The molecule has 1 aromatic carbocycles. The van der Waals surface area contributed by atoms with Crippen LogP contribution >= 0.6 is 0 Å². The second-order valence-electron chi connectivity index (χ2n) is 6.05. The first-order valence-electron chi connectivity index (χ1n) is 7.69. The zero-order valence-corrected chi connectivity index (χ0v) is 13.2. The number of methoxy groups -OCH3 is 1. The third-order valence-electron chi connectivity index (χ3n) is 4.34. The highest BCUT2D eigenvalue weighted by molar-refractivity contribution is 5.82. The summed E-state index contributed by atoms with van der Waals surface area (Å²) >= 11 is 0. The predicted octanol–water partition coefficient (Wildman–Crippen LogP) is 4.21. The third-order valence-corrected chi connectivity index (χ3v) is 4.34. The van der Waals surface area contributed by atoms with E-state index in [2.05, 4.69) is 0 Å². The summed E-state index contributed by atoms with van der Waals surface area (Å²) in [4.78, 5) is 12.5. The SMILES string of the molecule is CO[C@@](C(=O)O[C@H]1CCC[C@@H](C)C1)(c1ccccc1)C(F)(F)F. The molecule has 128 valence electrons. The molecule has 1 aliphatic carbocycles. The lowest BCUT2D eigenvalue weighted by Gasteiger charge is -2.35. The van der Waals surface area contributed by atoms with Crippen molar-refractivity contribution in [3.05, 3.63) is 35.9 Å². The first-order valence-corrected chi connectivity index (χ1v) is 7.69. The Hall–Kier alpha value is -1.56. The lowest BCUT2D eigenvalue weighted by molar-refractivity contribution is -0.278. The highest BCUT2D eigenvalue weighted by Gasteiger charge is 2.64. The molecule has 0 N–H and O–H groups in total. The zero-order valence-electron chi connectivity index (χ0n) is 13.2. The number of carbonyl (C=O) groups excluding carboxylic acids is 1. The van der Waals surface area contributed by atoms with Crippen molar-refractivity contribution in [2.24, 2.45) is 5.92 Å². The maximum atomic E-state index is 13.7. The third kappa shape index (κ3) is 3.52. The Bertz CT molecular complexity index is 530. The summed E-state index contributed by atoms with van der Waals surface area (Å²) < 4.78 is 51.1. The lowest BCUT2D eigenvalue weighted by atomic mass is 9.88. The summed E-state index contributed by atoms with van der Waals surface area (Å²) in [6.07, 6.45) is -2.40. The van der Waals surface area contributed by atoms with Crippen LogP contribution in [0, 0.1) is 5.92 Å². The smallest absolute Gasteiger partial charge is 0.432 e. The molecule has 6 heteroatoms. The van der Waals surface area contributed by atoms with Crippen LogP contribution in [0.3, 0.4) is 0 Å². The summed E-state index contributed by atoms with van der Waals surface area (Å²) in [5.74, 6) is -1.06. The lowest BCUT2D eigenvalue weighted by Crippen LogP contribution is -2.52. The molecule has 0 amide bonds. The maximum absolute atomic E-state index is 13.7. The van der Waals surface area contributed by atoms with Gasteiger partial charge < -0.3 is 9.47 Å². The minimum Gasteiger partial charge on any atom is -0.460 e. The maximum Gasteiger partial charge on any atom is 0.432 e. The number of ether oxygens (including phenoxy) is 2. The second-order valence-corrected chi connectivity index (χ2v) is 6.05.